The Balaban J connectivity index is 1.54. The summed E-state index contributed by atoms with van der Waals surface area (Å²) in [6, 6.07) is 5.76. The second kappa shape index (κ2) is 8.54. The van der Waals surface area contributed by atoms with Crippen molar-refractivity contribution < 1.29 is 18.7 Å². The molecule has 2 N–H and O–H groups in total. The van der Waals surface area contributed by atoms with Crippen LogP contribution in [0.3, 0.4) is 0 Å². The second-order valence-corrected chi connectivity index (χ2v) is 8.17. The van der Waals surface area contributed by atoms with Crippen LogP contribution in [-0.4, -0.2) is 37.0 Å². The number of hydrogen-bond donors (Lipinski definition) is 2. The number of carbonyl (C=O) groups excluding carboxylic acids is 1. The lowest BCUT2D eigenvalue weighted by Gasteiger charge is -2.42. The van der Waals surface area contributed by atoms with Crippen LogP contribution in [0.15, 0.2) is 45.9 Å². The van der Waals surface area contributed by atoms with Gasteiger partial charge in [0.1, 0.15) is 17.9 Å². The van der Waals surface area contributed by atoms with Gasteiger partial charge in [0.25, 0.3) is 5.56 Å². The maximum absolute atomic E-state index is 13.0. The molecular weight excluding hydrogens is 417 g/mol. The van der Waals surface area contributed by atoms with E-state index in [1.807, 2.05) is 13.8 Å². The molecule has 1 aromatic carbocycles. The van der Waals surface area contributed by atoms with E-state index >= 15 is 0 Å². The van der Waals surface area contributed by atoms with Crippen molar-refractivity contribution in [2.45, 2.75) is 45.4 Å². The fraction of sp³-hybridized carbons (Fsp3) is 0.364. The largest absolute Gasteiger partial charge is 0.502 e. The van der Waals surface area contributed by atoms with Crippen molar-refractivity contribution in [3.63, 3.8) is 0 Å². The van der Waals surface area contributed by atoms with Gasteiger partial charge in [-0.05, 0) is 31.5 Å². The van der Waals surface area contributed by atoms with Crippen molar-refractivity contribution in [2.24, 2.45) is 0 Å². The Morgan fingerprint density at radius 3 is 2.72 bits per heavy atom. The van der Waals surface area contributed by atoms with Crippen molar-refractivity contribution >= 4 is 5.91 Å². The van der Waals surface area contributed by atoms with Gasteiger partial charge in [-0.25, -0.2) is 14.4 Å². The number of nitrogens with one attached hydrogen (secondary N) is 1. The molecule has 0 bridgehead atoms. The summed E-state index contributed by atoms with van der Waals surface area (Å²) in [6.07, 6.45) is 2.82. The predicted molar refractivity (Wildman–Crippen MR) is 112 cm³/mol. The summed E-state index contributed by atoms with van der Waals surface area (Å²) in [5.41, 5.74) is -0.492. The zero-order valence-corrected chi connectivity index (χ0v) is 17.8. The van der Waals surface area contributed by atoms with Gasteiger partial charge in [-0.1, -0.05) is 12.1 Å². The molecule has 1 amide bonds. The molecule has 0 radical (unpaired) electrons. The van der Waals surface area contributed by atoms with Gasteiger partial charge in [0, 0.05) is 19.6 Å². The first kappa shape index (κ1) is 21.7. The quantitative estimate of drug-likeness (QED) is 0.598. The summed E-state index contributed by atoms with van der Waals surface area (Å²) < 4.78 is 19.8. The number of aromatic nitrogens is 3. The summed E-state index contributed by atoms with van der Waals surface area (Å²) in [5.74, 6) is -0.287. The van der Waals surface area contributed by atoms with Crippen molar-refractivity contribution in [1.82, 2.24) is 24.8 Å². The summed E-state index contributed by atoms with van der Waals surface area (Å²) in [7, 11) is 0. The minimum absolute atomic E-state index is 0.0175. The molecule has 0 saturated carbocycles. The Hall–Kier alpha value is -3.53. The maximum Gasteiger partial charge on any atom is 0.296 e. The molecule has 32 heavy (non-hydrogen) atoms. The Morgan fingerprint density at radius 2 is 2.03 bits per heavy atom. The number of aromatic hydroxyl groups is 1. The number of carbonyl (C=O) groups is 1. The first-order valence-electron chi connectivity index (χ1n) is 10.2. The molecular formula is C22H24FN5O4. The number of amides is 1. The van der Waals surface area contributed by atoms with Gasteiger partial charge >= 0.3 is 0 Å². The standard InChI is InChI=1S/C22H24FN5O4/c1-22(2)21-26-16(11-17(29)25-12-14-3-5-15(23)6-4-14)19(30)20(31)28(21)9-8-27(22)13-18-24-7-10-32-18/h3-7,10,30H,8-9,11-13H2,1-2H3,(H,25,29). The topological polar surface area (TPSA) is 113 Å². The average molecular weight is 441 g/mol. The van der Waals surface area contributed by atoms with Crippen LogP contribution in [0.1, 0.15) is 36.8 Å². The Morgan fingerprint density at radius 1 is 1.28 bits per heavy atom. The van der Waals surface area contributed by atoms with Crippen LogP contribution in [0.4, 0.5) is 4.39 Å². The average Bonchev–Trinajstić information content (AvgIpc) is 3.27. The maximum atomic E-state index is 13.0. The Bertz CT molecular complexity index is 1170. The fourth-order valence-electron chi connectivity index (χ4n) is 3.82. The van der Waals surface area contributed by atoms with Crippen LogP contribution >= 0.6 is 0 Å². The molecule has 3 heterocycles. The molecule has 0 aliphatic carbocycles. The van der Waals surface area contributed by atoms with E-state index in [0.29, 0.717) is 31.3 Å². The van der Waals surface area contributed by atoms with Gasteiger partial charge in [0.15, 0.2) is 0 Å². The highest BCUT2D eigenvalue weighted by Crippen LogP contribution is 2.31. The summed E-state index contributed by atoms with van der Waals surface area (Å²) in [6.45, 7) is 5.35. The first-order chi connectivity index (χ1) is 15.3. The van der Waals surface area contributed by atoms with Crippen LogP contribution in [0.5, 0.6) is 5.75 Å². The number of hydrogen-bond acceptors (Lipinski definition) is 7. The Labute approximate surface area is 183 Å². The molecule has 2 aromatic heterocycles. The van der Waals surface area contributed by atoms with Crippen molar-refractivity contribution in [2.75, 3.05) is 6.54 Å². The van der Waals surface area contributed by atoms with Crippen molar-refractivity contribution in [3.8, 4) is 5.75 Å². The highest BCUT2D eigenvalue weighted by Gasteiger charge is 2.38. The highest BCUT2D eigenvalue weighted by molar-refractivity contribution is 5.78. The van der Waals surface area contributed by atoms with Crippen molar-refractivity contribution in [3.05, 3.63) is 75.9 Å². The predicted octanol–water partition coefficient (Wildman–Crippen LogP) is 1.69. The molecule has 0 saturated heterocycles. The van der Waals surface area contributed by atoms with E-state index in [9.17, 15) is 19.1 Å². The molecule has 4 rings (SSSR count). The third-order valence-electron chi connectivity index (χ3n) is 5.69. The minimum Gasteiger partial charge on any atom is -0.502 e. The molecule has 3 aromatic rings. The third kappa shape index (κ3) is 4.26. The monoisotopic (exact) mass is 441 g/mol. The van der Waals surface area contributed by atoms with E-state index in [0.717, 1.165) is 5.56 Å². The van der Waals surface area contributed by atoms with E-state index < -0.39 is 22.8 Å². The third-order valence-corrected chi connectivity index (χ3v) is 5.69. The van der Waals surface area contributed by atoms with E-state index in [-0.39, 0.29) is 24.5 Å². The summed E-state index contributed by atoms with van der Waals surface area (Å²) >= 11 is 0. The lowest BCUT2D eigenvalue weighted by molar-refractivity contribution is -0.120. The van der Waals surface area contributed by atoms with Gasteiger partial charge < -0.3 is 14.8 Å². The highest BCUT2D eigenvalue weighted by atomic mass is 19.1. The van der Waals surface area contributed by atoms with Gasteiger partial charge in [-0.15, -0.1) is 0 Å². The summed E-state index contributed by atoms with van der Waals surface area (Å²) in [4.78, 5) is 36.0. The SMILES string of the molecule is CC1(C)c2nc(CC(=O)NCc3ccc(F)cc3)c(O)c(=O)n2CCN1Cc1ncco1. The number of fused-ring (bicyclic) bond motifs is 1. The van der Waals surface area contributed by atoms with Crippen LogP contribution in [0.25, 0.3) is 0 Å². The van der Waals surface area contributed by atoms with E-state index in [2.05, 4.69) is 20.2 Å². The lowest BCUT2D eigenvalue weighted by atomic mass is 9.98. The number of rotatable bonds is 6. The zero-order chi connectivity index (χ0) is 22.9. The number of oxazole rings is 1. The lowest BCUT2D eigenvalue weighted by Crippen LogP contribution is -2.52. The van der Waals surface area contributed by atoms with Gasteiger partial charge in [0.05, 0.1) is 30.4 Å². The van der Waals surface area contributed by atoms with E-state index in [1.165, 1.54) is 23.0 Å². The van der Waals surface area contributed by atoms with Gasteiger partial charge in [-0.2, -0.15) is 0 Å². The van der Waals surface area contributed by atoms with Crippen LogP contribution in [0, 0.1) is 5.82 Å². The molecule has 9 nitrogen and oxygen atoms in total. The number of benzene rings is 1. The summed E-state index contributed by atoms with van der Waals surface area (Å²) in [5, 5.41) is 13.1. The second-order valence-electron chi connectivity index (χ2n) is 8.17. The fourth-order valence-corrected chi connectivity index (χ4v) is 3.82. The van der Waals surface area contributed by atoms with E-state index in [4.69, 9.17) is 4.42 Å². The number of halogens is 1. The number of nitrogens with zero attached hydrogens (tertiary/aromatic N) is 4. The molecule has 0 unspecified atom stereocenters. The van der Waals surface area contributed by atoms with Crippen molar-refractivity contribution in [1.29, 1.82) is 0 Å². The van der Waals surface area contributed by atoms with Crippen LogP contribution in [-0.2, 0) is 36.4 Å². The minimum atomic E-state index is -0.668. The molecule has 1 aliphatic rings. The molecule has 168 valence electrons. The first-order valence-corrected chi connectivity index (χ1v) is 10.2. The normalized spacial score (nSPS) is 15.3. The molecule has 0 spiro atoms. The molecule has 1 aliphatic heterocycles. The van der Waals surface area contributed by atoms with Gasteiger partial charge in [-0.3, -0.25) is 19.1 Å². The molecule has 0 atom stereocenters. The molecule has 10 heteroatoms. The van der Waals surface area contributed by atoms with E-state index in [1.54, 1.807) is 18.3 Å². The zero-order valence-electron chi connectivity index (χ0n) is 17.8. The van der Waals surface area contributed by atoms with Crippen LogP contribution in [0.2, 0.25) is 0 Å². The van der Waals surface area contributed by atoms with Gasteiger partial charge in [0.2, 0.25) is 17.5 Å². The smallest absolute Gasteiger partial charge is 0.296 e. The Kier molecular flexibility index (Phi) is 5.79. The molecule has 0 fully saturated rings. The van der Waals surface area contributed by atoms with Crippen LogP contribution < -0.4 is 10.9 Å².